The number of hydrogen-bond acceptors (Lipinski definition) is 4. The topological polar surface area (TPSA) is 65.0 Å². The predicted molar refractivity (Wildman–Crippen MR) is 98.0 cm³/mol. The molecule has 2 atom stereocenters. The van der Waals surface area contributed by atoms with Crippen LogP contribution >= 0.6 is 0 Å². The van der Waals surface area contributed by atoms with E-state index < -0.39 is 29.9 Å². The van der Waals surface area contributed by atoms with Crippen LogP contribution in [0.5, 0.6) is 11.5 Å². The van der Waals surface area contributed by atoms with Gasteiger partial charge in [0, 0.05) is 5.56 Å². The maximum absolute atomic E-state index is 13.1. The molecule has 1 heterocycles. The van der Waals surface area contributed by atoms with Crippen LogP contribution in [0.15, 0.2) is 42.5 Å². The molecule has 0 aliphatic carbocycles. The molecule has 8 heteroatoms. The average molecular weight is 410 g/mol. The van der Waals surface area contributed by atoms with E-state index >= 15 is 0 Å². The van der Waals surface area contributed by atoms with Crippen LogP contribution < -0.4 is 9.47 Å². The van der Waals surface area contributed by atoms with Gasteiger partial charge in [0.05, 0.1) is 24.2 Å². The van der Waals surface area contributed by atoms with Crippen LogP contribution in [0.4, 0.5) is 13.2 Å². The predicted octanol–water partition coefficient (Wildman–Crippen LogP) is 5.16. The van der Waals surface area contributed by atoms with E-state index in [1.807, 2.05) is 13.8 Å². The lowest BCUT2D eigenvalue weighted by molar-refractivity contribution is -0.141. The smallest absolute Gasteiger partial charge is 0.419 e. The van der Waals surface area contributed by atoms with Gasteiger partial charge in [0.15, 0.2) is 6.10 Å². The van der Waals surface area contributed by atoms with Gasteiger partial charge in [0.2, 0.25) is 0 Å². The summed E-state index contributed by atoms with van der Waals surface area (Å²) in [7, 11) is 0. The summed E-state index contributed by atoms with van der Waals surface area (Å²) in [4.78, 5) is 11.1. The molecule has 1 N–H and O–H groups in total. The van der Waals surface area contributed by atoms with Crippen LogP contribution in [0.2, 0.25) is 0 Å². The Kier molecular flexibility index (Phi) is 6.02. The first-order valence-corrected chi connectivity index (χ1v) is 9.12. The molecule has 2 aromatic rings. The van der Waals surface area contributed by atoms with Crippen molar-refractivity contribution in [1.82, 2.24) is 0 Å². The van der Waals surface area contributed by atoms with Gasteiger partial charge in [-0.3, -0.25) is 4.79 Å². The van der Waals surface area contributed by atoms with E-state index in [4.69, 9.17) is 19.3 Å². The molecule has 5 nitrogen and oxygen atoms in total. The summed E-state index contributed by atoms with van der Waals surface area (Å²) in [6, 6.07) is 10.5. The standard InChI is InChI=1S/C21H21F3O5/c1-12(2)28-17(10-19(25)26)13-6-8-14(9-7-13)29-18-11-27-20-15(18)4-3-5-16(20)21(22,23)24/h3-9,12,17-18H,10-11H2,1-2H3,(H,25,26)/t17-,18?/m0/s1. The Morgan fingerprint density at radius 1 is 1.21 bits per heavy atom. The summed E-state index contributed by atoms with van der Waals surface area (Å²) < 4.78 is 56.1. The van der Waals surface area contributed by atoms with E-state index in [0.717, 1.165) is 6.07 Å². The fraction of sp³-hybridized carbons (Fsp3) is 0.381. The highest BCUT2D eigenvalue weighted by Gasteiger charge is 2.39. The van der Waals surface area contributed by atoms with Crippen molar-refractivity contribution in [1.29, 1.82) is 0 Å². The van der Waals surface area contributed by atoms with Crippen molar-refractivity contribution in [3.8, 4) is 11.5 Å². The van der Waals surface area contributed by atoms with E-state index in [0.29, 0.717) is 16.9 Å². The zero-order valence-corrected chi connectivity index (χ0v) is 15.9. The molecule has 1 aliphatic rings. The minimum absolute atomic E-state index is 0.0255. The van der Waals surface area contributed by atoms with E-state index in [9.17, 15) is 18.0 Å². The number of alkyl halides is 3. The number of hydrogen-bond donors (Lipinski definition) is 1. The number of carboxylic acids is 1. The molecule has 2 aromatic carbocycles. The third-order valence-corrected chi connectivity index (χ3v) is 4.40. The Morgan fingerprint density at radius 3 is 2.48 bits per heavy atom. The van der Waals surface area contributed by atoms with Crippen LogP contribution in [0, 0.1) is 0 Å². The molecule has 156 valence electrons. The number of rotatable bonds is 7. The van der Waals surface area contributed by atoms with Gasteiger partial charge < -0.3 is 19.3 Å². The molecule has 0 aromatic heterocycles. The minimum Gasteiger partial charge on any atom is -0.488 e. The lowest BCUT2D eigenvalue weighted by Crippen LogP contribution is -2.14. The van der Waals surface area contributed by atoms with Crippen molar-refractivity contribution < 1.29 is 37.3 Å². The SMILES string of the molecule is CC(C)O[C@@H](CC(=O)O)c1ccc(OC2COc3c2cccc3C(F)(F)F)cc1. The van der Waals surface area contributed by atoms with E-state index in [2.05, 4.69) is 0 Å². The summed E-state index contributed by atoms with van der Waals surface area (Å²) in [6.07, 6.45) is -6.10. The summed E-state index contributed by atoms with van der Waals surface area (Å²) in [5, 5.41) is 9.08. The third-order valence-electron chi connectivity index (χ3n) is 4.40. The van der Waals surface area contributed by atoms with Gasteiger partial charge in [-0.15, -0.1) is 0 Å². The fourth-order valence-corrected chi connectivity index (χ4v) is 3.20. The third kappa shape index (κ3) is 5.00. The summed E-state index contributed by atoms with van der Waals surface area (Å²) in [6.45, 7) is 3.61. The number of halogens is 3. The minimum atomic E-state index is -4.50. The summed E-state index contributed by atoms with van der Waals surface area (Å²) >= 11 is 0. The number of para-hydroxylation sites is 1. The molecular formula is C21H21F3O5. The van der Waals surface area contributed by atoms with Gasteiger partial charge in [0.25, 0.3) is 0 Å². The van der Waals surface area contributed by atoms with Crippen LogP contribution in [0.25, 0.3) is 0 Å². The number of benzene rings is 2. The molecule has 0 amide bonds. The van der Waals surface area contributed by atoms with Crippen molar-refractivity contribution in [2.75, 3.05) is 6.61 Å². The second kappa shape index (κ2) is 8.32. The van der Waals surface area contributed by atoms with E-state index in [1.165, 1.54) is 6.07 Å². The molecule has 0 fully saturated rings. The maximum Gasteiger partial charge on any atom is 0.419 e. The highest BCUT2D eigenvalue weighted by molar-refractivity contribution is 5.67. The largest absolute Gasteiger partial charge is 0.488 e. The number of fused-ring (bicyclic) bond motifs is 1. The molecule has 29 heavy (non-hydrogen) atoms. The Bertz CT molecular complexity index is 862. The quantitative estimate of drug-likeness (QED) is 0.683. The lowest BCUT2D eigenvalue weighted by atomic mass is 10.1. The molecular weight excluding hydrogens is 389 g/mol. The van der Waals surface area contributed by atoms with Crippen molar-refractivity contribution in [3.63, 3.8) is 0 Å². The average Bonchev–Trinajstić information content (AvgIpc) is 3.03. The summed E-state index contributed by atoms with van der Waals surface area (Å²) in [5.41, 5.74) is 0.200. The monoisotopic (exact) mass is 410 g/mol. The summed E-state index contributed by atoms with van der Waals surface area (Å²) in [5.74, 6) is -0.740. The Hall–Kier alpha value is -2.74. The number of carboxylic acid groups (broad SMARTS) is 1. The normalized spacial score (nSPS) is 17.0. The second-order valence-electron chi connectivity index (χ2n) is 6.98. The molecule has 1 aliphatic heterocycles. The van der Waals surface area contributed by atoms with Crippen LogP contribution in [0.3, 0.4) is 0 Å². The zero-order chi connectivity index (χ0) is 21.2. The molecule has 0 radical (unpaired) electrons. The van der Waals surface area contributed by atoms with Crippen LogP contribution in [0.1, 0.15) is 49.2 Å². The van der Waals surface area contributed by atoms with Gasteiger partial charge in [-0.25, -0.2) is 0 Å². The first kappa shape index (κ1) is 21.0. The Balaban J connectivity index is 1.76. The number of ether oxygens (including phenoxy) is 3. The first-order valence-electron chi connectivity index (χ1n) is 9.12. The molecule has 3 rings (SSSR count). The first-order chi connectivity index (χ1) is 13.6. The van der Waals surface area contributed by atoms with Crippen LogP contribution in [-0.4, -0.2) is 23.8 Å². The lowest BCUT2D eigenvalue weighted by Gasteiger charge is -2.20. The number of aliphatic carboxylic acids is 1. The van der Waals surface area contributed by atoms with E-state index in [1.54, 1.807) is 30.3 Å². The van der Waals surface area contributed by atoms with Gasteiger partial charge in [-0.2, -0.15) is 13.2 Å². The van der Waals surface area contributed by atoms with Gasteiger partial charge in [0.1, 0.15) is 18.1 Å². The van der Waals surface area contributed by atoms with E-state index in [-0.39, 0.29) is 24.9 Å². The van der Waals surface area contributed by atoms with Gasteiger partial charge in [-0.1, -0.05) is 24.3 Å². The zero-order valence-electron chi connectivity index (χ0n) is 15.9. The molecule has 0 saturated heterocycles. The molecule has 0 spiro atoms. The van der Waals surface area contributed by atoms with Gasteiger partial charge >= 0.3 is 12.1 Å². The highest BCUT2D eigenvalue weighted by Crippen LogP contribution is 2.44. The highest BCUT2D eigenvalue weighted by atomic mass is 19.4. The van der Waals surface area contributed by atoms with Crippen molar-refractivity contribution in [3.05, 3.63) is 59.2 Å². The van der Waals surface area contributed by atoms with Crippen molar-refractivity contribution in [2.45, 2.75) is 44.8 Å². The Labute approximate surface area is 166 Å². The molecule has 0 saturated carbocycles. The number of carbonyl (C=O) groups is 1. The fourth-order valence-electron chi connectivity index (χ4n) is 3.20. The van der Waals surface area contributed by atoms with Crippen molar-refractivity contribution >= 4 is 5.97 Å². The molecule has 0 bridgehead atoms. The second-order valence-corrected chi connectivity index (χ2v) is 6.98. The Morgan fingerprint density at radius 2 is 1.90 bits per heavy atom. The van der Waals surface area contributed by atoms with Crippen molar-refractivity contribution in [2.24, 2.45) is 0 Å². The van der Waals surface area contributed by atoms with Gasteiger partial charge in [-0.05, 0) is 37.6 Å². The van der Waals surface area contributed by atoms with Crippen LogP contribution in [-0.2, 0) is 15.7 Å². The molecule has 1 unspecified atom stereocenters. The maximum atomic E-state index is 13.1.